The smallest absolute Gasteiger partial charge is 0.303 e. The third-order valence-electron chi connectivity index (χ3n) is 7.77. The van der Waals surface area contributed by atoms with Gasteiger partial charge in [-0.15, -0.1) is 0 Å². The van der Waals surface area contributed by atoms with Crippen LogP contribution in [0.3, 0.4) is 0 Å². The lowest BCUT2D eigenvalue weighted by Gasteiger charge is -2.39. The number of nitrogens with one attached hydrogen (secondary N) is 2. The Morgan fingerprint density at radius 2 is 1.90 bits per heavy atom. The number of hydrogen-bond acceptors (Lipinski definition) is 9. The molecule has 3 heterocycles. The van der Waals surface area contributed by atoms with E-state index in [1.165, 1.54) is 13.0 Å². The summed E-state index contributed by atoms with van der Waals surface area (Å²) in [4.78, 5) is 35.5. The first-order valence-electron chi connectivity index (χ1n) is 14.4. The number of carbonyl (C=O) groups is 3. The zero-order valence-corrected chi connectivity index (χ0v) is 24.7. The van der Waals surface area contributed by atoms with Crippen molar-refractivity contribution in [1.82, 2.24) is 10.6 Å². The molecule has 0 bridgehead atoms. The van der Waals surface area contributed by atoms with Crippen LogP contribution in [0, 0.1) is 5.92 Å². The molecule has 230 valence electrons. The predicted octanol–water partition coefficient (Wildman–Crippen LogP) is 1.47. The van der Waals surface area contributed by atoms with Crippen molar-refractivity contribution in [3.8, 4) is 0 Å². The highest BCUT2D eigenvalue weighted by molar-refractivity contribution is 5.87. The molecule has 0 unspecified atom stereocenters. The number of amides is 2. The van der Waals surface area contributed by atoms with Gasteiger partial charge in [0.25, 0.3) is 0 Å². The Kier molecular flexibility index (Phi) is 12.1. The molecule has 3 fully saturated rings. The van der Waals surface area contributed by atoms with Gasteiger partial charge < -0.3 is 39.8 Å². The van der Waals surface area contributed by atoms with Crippen molar-refractivity contribution in [2.45, 2.75) is 109 Å². The molecule has 0 aromatic carbocycles. The average molecular weight is 579 g/mol. The Labute approximate surface area is 242 Å². The standard InChI is InChI=1S/C30H46N2O9/c1-18(7-10-26-29(37)30(17-38-30)16-23(41-26)15-28(36)31-12-13-33)6-9-25-19(2)14-24(21(4)40-25)32-27(35)11-8-20(3)39-22(5)34/h6-8,10-11,19-21,23-26,29,33,37H,9,12-17H2,1-5H3,(H,31,36)(H,32,35)/b10-7+,11-8-,18-6+/t19-,20-,21+,23+,24+,25-,26+,29+,30+/m0/s1. The molecule has 3 saturated heterocycles. The van der Waals surface area contributed by atoms with E-state index in [4.69, 9.17) is 24.1 Å². The average Bonchev–Trinajstić information content (AvgIpc) is 3.68. The maximum absolute atomic E-state index is 12.4. The van der Waals surface area contributed by atoms with Crippen molar-refractivity contribution in [3.05, 3.63) is 36.0 Å². The Morgan fingerprint density at radius 1 is 1.17 bits per heavy atom. The van der Waals surface area contributed by atoms with Crippen molar-refractivity contribution < 1.29 is 43.5 Å². The zero-order chi connectivity index (χ0) is 30.2. The summed E-state index contributed by atoms with van der Waals surface area (Å²) >= 11 is 0. The van der Waals surface area contributed by atoms with Gasteiger partial charge in [-0.3, -0.25) is 14.4 Å². The maximum Gasteiger partial charge on any atom is 0.303 e. The molecule has 0 aromatic heterocycles. The minimum absolute atomic E-state index is 0.0116. The third-order valence-corrected chi connectivity index (χ3v) is 7.77. The van der Waals surface area contributed by atoms with Crippen molar-refractivity contribution in [2.24, 2.45) is 5.92 Å². The van der Waals surface area contributed by atoms with Gasteiger partial charge in [-0.2, -0.15) is 0 Å². The van der Waals surface area contributed by atoms with Crippen LogP contribution in [0.25, 0.3) is 0 Å². The van der Waals surface area contributed by atoms with Crippen LogP contribution >= 0.6 is 0 Å². The number of hydrogen-bond donors (Lipinski definition) is 4. The highest BCUT2D eigenvalue weighted by Crippen LogP contribution is 2.43. The van der Waals surface area contributed by atoms with E-state index >= 15 is 0 Å². The molecule has 9 atom stereocenters. The fraction of sp³-hybridized carbons (Fsp3) is 0.700. The van der Waals surface area contributed by atoms with E-state index in [-0.39, 0.29) is 55.6 Å². The van der Waals surface area contributed by atoms with Crippen molar-refractivity contribution in [1.29, 1.82) is 0 Å². The quantitative estimate of drug-likeness (QED) is 0.117. The van der Waals surface area contributed by atoms with Crippen LogP contribution < -0.4 is 10.6 Å². The molecule has 0 aromatic rings. The first-order valence-corrected chi connectivity index (χ1v) is 14.4. The van der Waals surface area contributed by atoms with Gasteiger partial charge >= 0.3 is 5.97 Å². The predicted molar refractivity (Wildman–Crippen MR) is 151 cm³/mol. The lowest BCUT2D eigenvalue weighted by molar-refractivity contribution is -0.145. The topological polar surface area (TPSA) is 156 Å². The third kappa shape index (κ3) is 10.0. The Balaban J connectivity index is 1.49. The fourth-order valence-electron chi connectivity index (χ4n) is 5.36. The summed E-state index contributed by atoms with van der Waals surface area (Å²) in [6.07, 6.45) is 8.29. The summed E-state index contributed by atoms with van der Waals surface area (Å²) in [5.41, 5.74) is 0.316. The Morgan fingerprint density at radius 3 is 2.56 bits per heavy atom. The molecular formula is C30H46N2O9. The molecule has 11 nitrogen and oxygen atoms in total. The first-order chi connectivity index (χ1) is 19.4. The normalized spacial score (nSPS) is 34.5. The molecule has 3 rings (SSSR count). The second-order valence-corrected chi connectivity index (χ2v) is 11.4. The summed E-state index contributed by atoms with van der Waals surface area (Å²) in [6.45, 7) is 9.54. The van der Waals surface area contributed by atoms with Crippen LogP contribution in [0.4, 0.5) is 0 Å². The molecule has 4 N–H and O–H groups in total. The van der Waals surface area contributed by atoms with Crippen molar-refractivity contribution >= 4 is 17.8 Å². The number of aliphatic hydroxyl groups excluding tert-OH is 2. The van der Waals surface area contributed by atoms with Gasteiger partial charge in [-0.1, -0.05) is 30.7 Å². The largest absolute Gasteiger partial charge is 0.459 e. The molecular weight excluding hydrogens is 532 g/mol. The first kappa shape index (κ1) is 32.9. The maximum atomic E-state index is 12.4. The van der Waals surface area contributed by atoms with E-state index in [0.29, 0.717) is 19.4 Å². The van der Waals surface area contributed by atoms with Gasteiger partial charge in [0.05, 0.1) is 44.0 Å². The van der Waals surface area contributed by atoms with Gasteiger partial charge in [0, 0.05) is 26.0 Å². The Bertz CT molecular complexity index is 1010. The summed E-state index contributed by atoms with van der Waals surface area (Å²) in [6, 6.07) is -0.132. The molecule has 3 aliphatic heterocycles. The number of allylic oxidation sites excluding steroid dienone is 2. The highest BCUT2D eigenvalue weighted by Gasteiger charge is 2.58. The monoisotopic (exact) mass is 578 g/mol. The molecule has 0 radical (unpaired) electrons. The van der Waals surface area contributed by atoms with Crippen LogP contribution in [0.2, 0.25) is 0 Å². The number of rotatable bonds is 12. The summed E-state index contributed by atoms with van der Waals surface area (Å²) in [5.74, 6) is -0.655. The van der Waals surface area contributed by atoms with E-state index in [9.17, 15) is 19.5 Å². The van der Waals surface area contributed by atoms with E-state index in [1.54, 1.807) is 13.0 Å². The van der Waals surface area contributed by atoms with Crippen LogP contribution in [0.15, 0.2) is 36.0 Å². The van der Waals surface area contributed by atoms with Crippen molar-refractivity contribution in [2.75, 3.05) is 19.8 Å². The second-order valence-electron chi connectivity index (χ2n) is 11.4. The molecule has 3 aliphatic rings. The zero-order valence-electron chi connectivity index (χ0n) is 24.7. The minimum atomic E-state index is -0.822. The van der Waals surface area contributed by atoms with Crippen LogP contribution in [-0.2, 0) is 33.3 Å². The van der Waals surface area contributed by atoms with Gasteiger partial charge in [-0.25, -0.2) is 0 Å². The number of ether oxygens (including phenoxy) is 4. The van der Waals surface area contributed by atoms with Gasteiger partial charge in [0.15, 0.2) is 0 Å². The van der Waals surface area contributed by atoms with E-state index < -0.39 is 36.0 Å². The minimum Gasteiger partial charge on any atom is -0.459 e. The molecule has 41 heavy (non-hydrogen) atoms. The van der Waals surface area contributed by atoms with E-state index in [1.807, 2.05) is 26.0 Å². The lowest BCUT2D eigenvalue weighted by Crippen LogP contribution is -2.51. The Hall–Kier alpha value is -2.57. The second kappa shape index (κ2) is 15.1. The molecule has 0 saturated carbocycles. The van der Waals surface area contributed by atoms with Crippen molar-refractivity contribution in [3.63, 3.8) is 0 Å². The fourth-order valence-corrected chi connectivity index (χ4v) is 5.36. The molecule has 11 heteroatoms. The van der Waals surface area contributed by atoms with Gasteiger partial charge in [0.1, 0.15) is 23.9 Å². The molecule has 0 aliphatic carbocycles. The van der Waals surface area contributed by atoms with Gasteiger partial charge in [-0.05, 0) is 45.6 Å². The number of epoxide rings is 1. The molecule has 2 amide bonds. The van der Waals surface area contributed by atoms with Crippen LogP contribution in [-0.4, -0.2) is 96.0 Å². The number of esters is 1. The number of aliphatic hydroxyl groups is 2. The van der Waals surface area contributed by atoms with E-state index in [2.05, 4.69) is 23.6 Å². The summed E-state index contributed by atoms with van der Waals surface area (Å²) in [5, 5.41) is 25.4. The molecule has 1 spiro atoms. The summed E-state index contributed by atoms with van der Waals surface area (Å²) < 4.78 is 22.9. The highest BCUT2D eigenvalue weighted by atomic mass is 16.6. The van der Waals surface area contributed by atoms with E-state index in [0.717, 1.165) is 12.0 Å². The van der Waals surface area contributed by atoms with Crippen LogP contribution in [0.5, 0.6) is 0 Å². The lowest BCUT2D eigenvalue weighted by atomic mass is 9.87. The van der Waals surface area contributed by atoms with Gasteiger partial charge in [0.2, 0.25) is 11.8 Å². The van der Waals surface area contributed by atoms with Crippen LogP contribution in [0.1, 0.15) is 60.3 Å². The summed E-state index contributed by atoms with van der Waals surface area (Å²) in [7, 11) is 0. The SMILES string of the molecule is CC(=O)O[C@@H](C)/C=C\C(=O)N[C@@H]1C[C@H](C)[C@H](C/C=C(C)/C=C/[C@H]2O[C@H](CC(=O)NCCO)C[C@@]3(CO3)[C@@H]2O)O[C@@H]1C. The number of carbonyl (C=O) groups excluding carboxylic acids is 3.